The summed E-state index contributed by atoms with van der Waals surface area (Å²) < 4.78 is 75.1. The number of hydrogen-bond acceptors (Lipinski definition) is 3. The van der Waals surface area contributed by atoms with Crippen molar-refractivity contribution in [3.63, 3.8) is 0 Å². The van der Waals surface area contributed by atoms with Gasteiger partial charge < -0.3 is 0 Å². The largest absolute Gasteiger partial charge is 0.456 e. The van der Waals surface area contributed by atoms with Crippen molar-refractivity contribution in [2.24, 2.45) is 0 Å². The SMILES string of the molecule is CS(=O)c1ccc(Cl)cc1.Fc1ccc(F)c(C2CC(NSC(F)(F)F)C2)c1. The Morgan fingerprint density at radius 3 is 2.25 bits per heavy atom. The molecular weight excluding hydrogens is 441 g/mol. The van der Waals surface area contributed by atoms with Crippen LogP contribution in [0.15, 0.2) is 47.4 Å². The molecule has 0 radical (unpaired) electrons. The quantitative estimate of drug-likeness (QED) is 0.448. The molecule has 0 aromatic heterocycles. The number of benzene rings is 2. The Morgan fingerprint density at radius 1 is 1.11 bits per heavy atom. The zero-order valence-electron chi connectivity index (χ0n) is 14.6. The van der Waals surface area contributed by atoms with Gasteiger partial charge in [-0.1, -0.05) is 11.6 Å². The van der Waals surface area contributed by atoms with Crippen LogP contribution in [0, 0.1) is 11.6 Å². The second kappa shape index (κ2) is 10.0. The summed E-state index contributed by atoms with van der Waals surface area (Å²) in [6, 6.07) is 9.84. The smallest absolute Gasteiger partial charge is 0.255 e. The van der Waals surface area contributed by atoms with Crippen LogP contribution < -0.4 is 4.72 Å². The van der Waals surface area contributed by atoms with Crippen LogP contribution in [0.2, 0.25) is 5.02 Å². The Balaban J connectivity index is 0.000000237. The van der Waals surface area contributed by atoms with Crippen molar-refractivity contribution in [2.45, 2.75) is 35.2 Å². The molecule has 2 nitrogen and oxygen atoms in total. The third-order valence-corrected chi connectivity index (χ3v) is 5.89. The lowest BCUT2D eigenvalue weighted by Gasteiger charge is -2.36. The summed E-state index contributed by atoms with van der Waals surface area (Å²) in [4.78, 5) is 0.810. The Bertz CT molecular complexity index is 811. The van der Waals surface area contributed by atoms with Gasteiger partial charge in [0.15, 0.2) is 0 Å². The molecule has 0 aliphatic heterocycles. The number of nitrogens with one attached hydrogen (secondary N) is 1. The fraction of sp³-hybridized carbons (Fsp3) is 0.333. The van der Waals surface area contributed by atoms with Crippen molar-refractivity contribution in [1.29, 1.82) is 0 Å². The predicted octanol–water partition coefficient (Wildman–Crippen LogP) is 6.05. The molecule has 154 valence electrons. The van der Waals surface area contributed by atoms with Crippen LogP contribution in [-0.4, -0.2) is 22.0 Å². The molecular formula is C18H17ClF5NOS2. The first-order valence-corrected chi connectivity index (χ1v) is 10.8. The predicted molar refractivity (Wildman–Crippen MR) is 103 cm³/mol. The van der Waals surface area contributed by atoms with E-state index in [1.165, 1.54) is 0 Å². The molecule has 3 rings (SSSR count). The van der Waals surface area contributed by atoms with Crippen molar-refractivity contribution in [3.8, 4) is 0 Å². The summed E-state index contributed by atoms with van der Waals surface area (Å²) in [5.74, 6) is -1.26. The third-order valence-electron chi connectivity index (χ3n) is 4.02. The van der Waals surface area contributed by atoms with E-state index in [9.17, 15) is 26.2 Å². The van der Waals surface area contributed by atoms with Crippen molar-refractivity contribution >= 4 is 34.3 Å². The highest BCUT2D eigenvalue weighted by Gasteiger charge is 2.36. The van der Waals surface area contributed by atoms with Gasteiger partial charge in [-0.2, -0.15) is 13.2 Å². The van der Waals surface area contributed by atoms with Crippen LogP contribution in [0.3, 0.4) is 0 Å². The first kappa shape index (κ1) is 23.1. The Hall–Kier alpha value is -1.16. The van der Waals surface area contributed by atoms with Gasteiger partial charge in [0.25, 0.3) is 0 Å². The van der Waals surface area contributed by atoms with Gasteiger partial charge >= 0.3 is 5.51 Å². The number of alkyl halides is 3. The molecule has 0 amide bonds. The molecule has 0 heterocycles. The Morgan fingerprint density at radius 2 is 1.71 bits per heavy atom. The zero-order valence-corrected chi connectivity index (χ0v) is 17.0. The number of rotatable bonds is 4. The van der Waals surface area contributed by atoms with Gasteiger partial charge in [0.2, 0.25) is 0 Å². The lowest BCUT2D eigenvalue weighted by Crippen LogP contribution is -2.38. The molecule has 1 fully saturated rings. The van der Waals surface area contributed by atoms with Gasteiger partial charge in [-0.15, -0.1) is 0 Å². The molecule has 0 bridgehead atoms. The molecule has 1 unspecified atom stereocenters. The van der Waals surface area contributed by atoms with Crippen LogP contribution in [0.25, 0.3) is 0 Å². The molecule has 1 atom stereocenters. The average molecular weight is 458 g/mol. The molecule has 10 heteroatoms. The van der Waals surface area contributed by atoms with E-state index in [-0.39, 0.29) is 29.5 Å². The van der Waals surface area contributed by atoms with E-state index >= 15 is 0 Å². The minimum absolute atomic E-state index is 0.216. The van der Waals surface area contributed by atoms with Crippen molar-refractivity contribution < 1.29 is 26.2 Å². The van der Waals surface area contributed by atoms with Crippen LogP contribution in [0.5, 0.6) is 0 Å². The maximum Gasteiger partial charge on any atom is 0.456 e. The van der Waals surface area contributed by atoms with E-state index in [1.54, 1.807) is 30.5 Å². The maximum absolute atomic E-state index is 13.4. The zero-order chi connectivity index (χ0) is 20.9. The summed E-state index contributed by atoms with van der Waals surface area (Å²) in [7, 11) is -0.896. The summed E-state index contributed by atoms with van der Waals surface area (Å²) in [5.41, 5.74) is -4.08. The Labute approximate surface area is 171 Å². The first-order chi connectivity index (χ1) is 13.0. The van der Waals surface area contributed by atoms with E-state index in [1.807, 2.05) is 0 Å². The maximum atomic E-state index is 13.4. The second-order valence-corrected chi connectivity index (χ2v) is 8.82. The van der Waals surface area contributed by atoms with Crippen LogP contribution in [-0.2, 0) is 10.8 Å². The normalized spacial score (nSPS) is 20.0. The van der Waals surface area contributed by atoms with Gasteiger partial charge in [-0.05, 0) is 66.8 Å². The fourth-order valence-electron chi connectivity index (χ4n) is 2.57. The minimum Gasteiger partial charge on any atom is -0.255 e. The van der Waals surface area contributed by atoms with E-state index in [0.717, 1.165) is 23.1 Å². The molecule has 0 saturated heterocycles. The fourth-order valence-corrected chi connectivity index (χ4v) is 3.71. The molecule has 28 heavy (non-hydrogen) atoms. The highest BCUT2D eigenvalue weighted by Crippen LogP contribution is 2.40. The van der Waals surface area contributed by atoms with Gasteiger partial charge in [0.05, 0.1) is 0 Å². The van der Waals surface area contributed by atoms with Gasteiger partial charge in [-0.25, -0.2) is 8.78 Å². The van der Waals surface area contributed by atoms with E-state index in [2.05, 4.69) is 4.72 Å². The molecule has 1 aliphatic rings. The number of hydrogen-bond donors (Lipinski definition) is 1. The van der Waals surface area contributed by atoms with Crippen LogP contribution in [0.4, 0.5) is 22.0 Å². The van der Waals surface area contributed by atoms with E-state index in [4.69, 9.17) is 11.6 Å². The minimum atomic E-state index is -4.32. The standard InChI is InChI=1S/C11H10F5NS.C7H7ClOS/c12-7-1-2-10(13)9(5-7)6-3-8(4-6)17-18-11(14,15)16;1-10(9)7-4-2-6(8)3-5-7/h1-2,5-6,8,17H,3-4H2;2-5H,1H3. The van der Waals surface area contributed by atoms with E-state index in [0.29, 0.717) is 17.9 Å². The van der Waals surface area contributed by atoms with Crippen molar-refractivity contribution in [2.75, 3.05) is 6.26 Å². The third kappa shape index (κ3) is 7.35. The molecule has 1 N–H and O–H groups in total. The van der Waals surface area contributed by atoms with Gasteiger partial charge in [0, 0.05) is 45.0 Å². The lowest BCUT2D eigenvalue weighted by molar-refractivity contribution is -0.0340. The Kier molecular flexibility index (Phi) is 8.30. The van der Waals surface area contributed by atoms with Crippen LogP contribution in [0.1, 0.15) is 24.3 Å². The second-order valence-electron chi connectivity index (χ2n) is 6.10. The van der Waals surface area contributed by atoms with Gasteiger partial charge in [-0.3, -0.25) is 8.93 Å². The molecule has 1 aliphatic carbocycles. The van der Waals surface area contributed by atoms with Crippen molar-refractivity contribution in [1.82, 2.24) is 4.72 Å². The highest BCUT2D eigenvalue weighted by atomic mass is 35.5. The first-order valence-electron chi connectivity index (χ1n) is 8.09. The summed E-state index contributed by atoms with van der Waals surface area (Å²) >= 11 is 5.32. The molecule has 2 aromatic carbocycles. The monoisotopic (exact) mass is 457 g/mol. The highest BCUT2D eigenvalue weighted by molar-refractivity contribution is 7.98. The van der Waals surface area contributed by atoms with Crippen molar-refractivity contribution in [3.05, 3.63) is 64.7 Å². The topological polar surface area (TPSA) is 29.1 Å². The van der Waals surface area contributed by atoms with Crippen LogP contribution >= 0.6 is 23.5 Å². The van der Waals surface area contributed by atoms with Gasteiger partial charge in [0.1, 0.15) is 11.6 Å². The summed E-state index contributed by atoms with van der Waals surface area (Å²) in [6.45, 7) is 0. The molecule has 1 saturated carbocycles. The summed E-state index contributed by atoms with van der Waals surface area (Å²) in [6.07, 6.45) is 2.40. The molecule has 0 spiro atoms. The van der Waals surface area contributed by atoms with E-state index < -0.39 is 27.9 Å². The average Bonchev–Trinajstić information content (AvgIpc) is 2.56. The number of halogens is 6. The lowest BCUT2D eigenvalue weighted by atomic mass is 9.76. The molecule has 2 aromatic rings. The summed E-state index contributed by atoms with van der Waals surface area (Å²) in [5, 5.41) is 0.675.